The van der Waals surface area contributed by atoms with Gasteiger partial charge in [0.15, 0.2) is 0 Å². The van der Waals surface area contributed by atoms with E-state index in [-0.39, 0.29) is 29.2 Å². The molecule has 1 amide bonds. The molecule has 3 N–H and O–H groups in total. The van der Waals surface area contributed by atoms with E-state index in [1.54, 1.807) is 19.1 Å². The maximum absolute atomic E-state index is 12.9. The first-order valence-electron chi connectivity index (χ1n) is 11.6. The van der Waals surface area contributed by atoms with Gasteiger partial charge in [-0.3, -0.25) is 4.79 Å². The van der Waals surface area contributed by atoms with Gasteiger partial charge in [0.25, 0.3) is 0 Å². The number of aromatic carboxylic acids is 1. The Morgan fingerprint density at radius 2 is 2.09 bits per heavy atom. The van der Waals surface area contributed by atoms with Gasteiger partial charge < -0.3 is 20.3 Å². The zero-order valence-electron chi connectivity index (χ0n) is 19.2. The minimum absolute atomic E-state index is 0.0196. The van der Waals surface area contributed by atoms with Gasteiger partial charge in [-0.15, -0.1) is 0 Å². The van der Waals surface area contributed by atoms with Crippen LogP contribution in [0.15, 0.2) is 43.0 Å². The largest absolute Gasteiger partial charge is 0.507 e. The summed E-state index contributed by atoms with van der Waals surface area (Å²) in [6.07, 6.45) is 6.39. The minimum Gasteiger partial charge on any atom is -0.507 e. The highest BCUT2D eigenvalue weighted by Gasteiger charge is 2.24. The molecule has 1 heterocycles. The molecule has 176 valence electrons. The van der Waals surface area contributed by atoms with Gasteiger partial charge >= 0.3 is 5.97 Å². The van der Waals surface area contributed by atoms with Crippen molar-refractivity contribution in [2.75, 3.05) is 13.2 Å². The van der Waals surface area contributed by atoms with Crippen LogP contribution in [0.1, 0.15) is 70.8 Å². The molecule has 1 aliphatic rings. The summed E-state index contributed by atoms with van der Waals surface area (Å²) < 4.78 is 5.48. The number of amides is 1. The second-order valence-corrected chi connectivity index (χ2v) is 8.70. The molecule has 0 bridgehead atoms. The third kappa shape index (κ3) is 6.68. The van der Waals surface area contributed by atoms with Gasteiger partial charge in [0.1, 0.15) is 5.75 Å². The molecular weight excluding hydrogens is 418 g/mol. The Morgan fingerprint density at radius 1 is 1.27 bits per heavy atom. The number of ether oxygens (including phenoxy) is 1. The van der Waals surface area contributed by atoms with Crippen LogP contribution < -0.4 is 5.32 Å². The number of carbonyl (C=O) groups is 2. The highest BCUT2D eigenvalue weighted by atomic mass is 16.5. The Hall–Kier alpha value is -3.12. The van der Waals surface area contributed by atoms with E-state index in [1.807, 2.05) is 24.3 Å². The number of phenolic OH excluding ortho intramolecular Hbond substituents is 1. The van der Waals surface area contributed by atoms with Crippen LogP contribution in [-0.4, -0.2) is 35.3 Å². The lowest BCUT2D eigenvalue weighted by molar-refractivity contribution is -0.129. The molecule has 2 aromatic rings. The van der Waals surface area contributed by atoms with Crippen LogP contribution in [0.5, 0.6) is 5.75 Å². The second-order valence-electron chi connectivity index (χ2n) is 8.70. The summed E-state index contributed by atoms with van der Waals surface area (Å²) in [5.41, 5.74) is 3.41. The van der Waals surface area contributed by atoms with Crippen LogP contribution in [0.4, 0.5) is 0 Å². The molecule has 6 nitrogen and oxygen atoms in total. The Bertz CT molecular complexity index is 994. The predicted octanol–water partition coefficient (Wildman–Crippen LogP) is 5.04. The highest BCUT2D eigenvalue weighted by Crippen LogP contribution is 2.28. The molecule has 0 aliphatic carbocycles. The number of nitrogens with one attached hydrogen (secondary N) is 1. The fourth-order valence-corrected chi connectivity index (χ4v) is 4.29. The van der Waals surface area contributed by atoms with Gasteiger partial charge in [-0.05, 0) is 79.5 Å². The lowest BCUT2D eigenvalue weighted by Crippen LogP contribution is -2.37. The van der Waals surface area contributed by atoms with Crippen molar-refractivity contribution >= 4 is 18.0 Å². The SMILES string of the molecule is C=Cc1cccc(C(CCCCc2cc(C(=O)O)cc(C)c2O)NC(=O)C2CCCOC2)c1. The van der Waals surface area contributed by atoms with Crippen LogP contribution >= 0.6 is 0 Å². The number of aromatic hydroxyl groups is 1. The van der Waals surface area contributed by atoms with Crippen molar-refractivity contribution in [3.63, 3.8) is 0 Å². The average molecular weight is 452 g/mol. The van der Waals surface area contributed by atoms with Crippen molar-refractivity contribution < 1.29 is 24.5 Å². The number of benzene rings is 2. The summed E-state index contributed by atoms with van der Waals surface area (Å²) in [5, 5.41) is 22.8. The quantitative estimate of drug-likeness (QED) is 0.440. The highest BCUT2D eigenvalue weighted by molar-refractivity contribution is 5.88. The number of hydrogen-bond acceptors (Lipinski definition) is 4. The predicted molar refractivity (Wildman–Crippen MR) is 128 cm³/mol. The summed E-state index contributed by atoms with van der Waals surface area (Å²) in [7, 11) is 0. The summed E-state index contributed by atoms with van der Waals surface area (Å²) in [6, 6.07) is 10.9. The zero-order valence-corrected chi connectivity index (χ0v) is 19.2. The standard InChI is InChI=1S/C27H33NO5/c1-3-19-8-6-10-20(15-19)24(28-26(30)22-11-7-13-33-17-22)12-5-4-9-21-16-23(27(31)32)14-18(2)25(21)29/h3,6,8,10,14-16,22,24,29H,1,4-5,7,9,11-13,17H2,2H3,(H,28,30)(H,31,32). The zero-order chi connectivity index (χ0) is 23.8. The molecule has 0 aromatic heterocycles. The second kappa shape index (κ2) is 11.7. The Kier molecular flexibility index (Phi) is 8.66. The van der Waals surface area contributed by atoms with Gasteiger partial charge in [0.05, 0.1) is 24.1 Å². The van der Waals surface area contributed by atoms with E-state index >= 15 is 0 Å². The number of carboxylic acids is 1. The molecule has 3 rings (SSSR count). The van der Waals surface area contributed by atoms with E-state index in [0.717, 1.165) is 43.2 Å². The van der Waals surface area contributed by atoms with Crippen LogP contribution in [0.2, 0.25) is 0 Å². The molecule has 2 atom stereocenters. The van der Waals surface area contributed by atoms with Crippen LogP contribution in [0, 0.1) is 12.8 Å². The topological polar surface area (TPSA) is 95.9 Å². The molecule has 6 heteroatoms. The average Bonchev–Trinajstić information content (AvgIpc) is 2.83. The van der Waals surface area contributed by atoms with Crippen LogP contribution in [-0.2, 0) is 16.0 Å². The Balaban J connectivity index is 1.67. The van der Waals surface area contributed by atoms with E-state index in [1.165, 1.54) is 6.07 Å². The number of carbonyl (C=O) groups excluding carboxylic acids is 1. The van der Waals surface area contributed by atoms with E-state index in [4.69, 9.17) is 4.74 Å². The van der Waals surface area contributed by atoms with Crippen molar-refractivity contribution in [2.45, 2.75) is 51.5 Å². The van der Waals surface area contributed by atoms with E-state index in [9.17, 15) is 19.8 Å². The van der Waals surface area contributed by atoms with Crippen molar-refractivity contribution in [2.24, 2.45) is 5.92 Å². The molecule has 1 aliphatic heterocycles. The lowest BCUT2D eigenvalue weighted by Gasteiger charge is -2.26. The molecule has 2 aromatic carbocycles. The Labute approximate surface area is 195 Å². The third-order valence-corrected chi connectivity index (χ3v) is 6.21. The third-order valence-electron chi connectivity index (χ3n) is 6.21. The molecule has 33 heavy (non-hydrogen) atoms. The van der Waals surface area contributed by atoms with Gasteiger partial charge in [0, 0.05) is 6.61 Å². The molecule has 0 spiro atoms. The number of rotatable bonds is 10. The number of hydrogen-bond donors (Lipinski definition) is 3. The molecule has 2 unspecified atom stereocenters. The van der Waals surface area contributed by atoms with Crippen LogP contribution in [0.3, 0.4) is 0 Å². The smallest absolute Gasteiger partial charge is 0.335 e. The number of phenols is 1. The molecule has 0 saturated carbocycles. The fraction of sp³-hybridized carbons (Fsp3) is 0.407. The normalized spacial score (nSPS) is 16.7. The van der Waals surface area contributed by atoms with Crippen molar-refractivity contribution in [1.82, 2.24) is 5.32 Å². The van der Waals surface area contributed by atoms with Gasteiger partial charge in [0.2, 0.25) is 5.91 Å². The summed E-state index contributed by atoms with van der Waals surface area (Å²) in [6.45, 7) is 6.72. The first kappa shape index (κ1) is 24.5. The molecule has 1 fully saturated rings. The van der Waals surface area contributed by atoms with Crippen molar-refractivity contribution in [1.29, 1.82) is 0 Å². The summed E-state index contributed by atoms with van der Waals surface area (Å²) in [5.74, 6) is -0.953. The Morgan fingerprint density at radius 3 is 2.79 bits per heavy atom. The van der Waals surface area contributed by atoms with Crippen molar-refractivity contribution in [3.05, 3.63) is 70.8 Å². The molecular formula is C27H33NO5. The lowest BCUT2D eigenvalue weighted by atomic mass is 9.95. The van der Waals surface area contributed by atoms with Gasteiger partial charge in [-0.1, -0.05) is 37.3 Å². The van der Waals surface area contributed by atoms with Gasteiger partial charge in [-0.2, -0.15) is 0 Å². The molecule has 1 saturated heterocycles. The maximum atomic E-state index is 12.9. The number of aryl methyl sites for hydroxylation is 2. The fourth-order valence-electron chi connectivity index (χ4n) is 4.29. The first-order chi connectivity index (χ1) is 15.9. The van der Waals surface area contributed by atoms with E-state index in [0.29, 0.717) is 30.8 Å². The minimum atomic E-state index is -1.00. The molecule has 0 radical (unpaired) electrons. The van der Waals surface area contributed by atoms with E-state index < -0.39 is 5.97 Å². The summed E-state index contributed by atoms with van der Waals surface area (Å²) in [4.78, 5) is 24.2. The maximum Gasteiger partial charge on any atom is 0.335 e. The van der Waals surface area contributed by atoms with Crippen molar-refractivity contribution in [3.8, 4) is 5.75 Å². The van der Waals surface area contributed by atoms with E-state index in [2.05, 4.69) is 11.9 Å². The van der Waals surface area contributed by atoms with Gasteiger partial charge in [-0.25, -0.2) is 4.79 Å². The number of unbranched alkanes of at least 4 members (excludes halogenated alkanes) is 1. The monoisotopic (exact) mass is 451 g/mol. The number of carboxylic acid groups (broad SMARTS) is 1. The van der Waals surface area contributed by atoms with Crippen LogP contribution in [0.25, 0.3) is 6.08 Å². The summed E-state index contributed by atoms with van der Waals surface area (Å²) >= 11 is 0. The first-order valence-corrected chi connectivity index (χ1v) is 11.6.